The third kappa shape index (κ3) is 8.80. The van der Waals surface area contributed by atoms with Crippen LogP contribution in [-0.2, 0) is 32.6 Å². The van der Waals surface area contributed by atoms with Crippen molar-refractivity contribution in [3.05, 3.63) is 126 Å². The van der Waals surface area contributed by atoms with Crippen molar-refractivity contribution >= 4 is 27.5 Å². The van der Waals surface area contributed by atoms with E-state index in [0.717, 1.165) is 58.8 Å². The molecule has 5 rings (SSSR count). The van der Waals surface area contributed by atoms with Gasteiger partial charge in [-0.05, 0) is 86.3 Å². The molecule has 4 aromatic carbocycles. The number of nitrogens with zero attached hydrogens (tertiary/aromatic N) is 2. The average molecular weight is 672 g/mol. The minimum atomic E-state index is -4.32. The number of carbonyl (C=O) groups is 2. The van der Waals surface area contributed by atoms with E-state index < -0.39 is 34.3 Å². The highest BCUT2D eigenvalue weighted by atomic mass is 32.2. The minimum Gasteiger partial charge on any atom is -0.494 e. The molecular weight excluding hydrogens is 629 g/mol. The monoisotopic (exact) mass is 671 g/mol. The van der Waals surface area contributed by atoms with Crippen LogP contribution >= 0.6 is 0 Å². The zero-order chi connectivity index (χ0) is 34.1. The van der Waals surface area contributed by atoms with Crippen LogP contribution in [0.25, 0.3) is 0 Å². The molecule has 10 heteroatoms. The molecule has 0 radical (unpaired) electrons. The van der Waals surface area contributed by atoms with E-state index in [1.54, 1.807) is 12.1 Å². The molecule has 0 heterocycles. The molecule has 1 saturated carbocycles. The van der Waals surface area contributed by atoms with E-state index in [4.69, 9.17) is 4.74 Å². The summed E-state index contributed by atoms with van der Waals surface area (Å²) in [4.78, 5) is 30.2. The number of nitrogens with one attached hydrogen (secondary N) is 1. The number of sulfonamides is 1. The molecule has 0 spiro atoms. The first-order valence-corrected chi connectivity index (χ1v) is 17.8. The van der Waals surface area contributed by atoms with Crippen molar-refractivity contribution in [2.24, 2.45) is 0 Å². The van der Waals surface area contributed by atoms with Gasteiger partial charge in [0.05, 0.1) is 17.2 Å². The van der Waals surface area contributed by atoms with Crippen LogP contribution in [0.1, 0.15) is 49.3 Å². The fraction of sp³-hybridized carbons (Fsp3) is 0.316. The lowest BCUT2D eigenvalue weighted by Gasteiger charge is -2.34. The molecule has 0 aromatic heterocycles. The van der Waals surface area contributed by atoms with Crippen LogP contribution in [0.4, 0.5) is 10.1 Å². The van der Waals surface area contributed by atoms with Gasteiger partial charge in [-0.3, -0.25) is 13.9 Å². The van der Waals surface area contributed by atoms with E-state index in [-0.39, 0.29) is 35.5 Å². The maximum Gasteiger partial charge on any atom is 0.264 e. The van der Waals surface area contributed by atoms with Gasteiger partial charge in [0.1, 0.15) is 24.2 Å². The van der Waals surface area contributed by atoms with Gasteiger partial charge in [0.15, 0.2) is 0 Å². The maximum atomic E-state index is 14.6. The molecule has 1 fully saturated rings. The largest absolute Gasteiger partial charge is 0.494 e. The SMILES string of the molecule is CCOc1ccc(S(=O)(=O)N(CC(=O)N(Cc2cccc(C)c2)C(Cc2ccccc2)C(=O)NC2CCCC2)c2ccc(F)cc2)cc1. The Morgan fingerprint density at radius 1 is 0.896 bits per heavy atom. The first kappa shape index (κ1) is 34.6. The summed E-state index contributed by atoms with van der Waals surface area (Å²) in [5.41, 5.74) is 2.77. The lowest BCUT2D eigenvalue weighted by atomic mass is 10.0. The van der Waals surface area contributed by atoms with Gasteiger partial charge in [-0.15, -0.1) is 0 Å². The van der Waals surface area contributed by atoms with E-state index in [1.807, 2.05) is 68.4 Å². The van der Waals surface area contributed by atoms with E-state index in [0.29, 0.717) is 12.4 Å². The summed E-state index contributed by atoms with van der Waals surface area (Å²) in [5.74, 6) is -0.898. The van der Waals surface area contributed by atoms with Gasteiger partial charge >= 0.3 is 0 Å². The Kier molecular flexibility index (Phi) is 11.5. The number of amides is 2. The van der Waals surface area contributed by atoms with Crippen molar-refractivity contribution in [2.45, 2.75) is 69.5 Å². The van der Waals surface area contributed by atoms with Crippen molar-refractivity contribution in [1.82, 2.24) is 10.2 Å². The van der Waals surface area contributed by atoms with Gasteiger partial charge in [0.2, 0.25) is 11.8 Å². The van der Waals surface area contributed by atoms with Crippen molar-refractivity contribution in [1.29, 1.82) is 0 Å². The van der Waals surface area contributed by atoms with Crippen molar-refractivity contribution in [3.63, 3.8) is 0 Å². The topological polar surface area (TPSA) is 96.0 Å². The number of carbonyl (C=O) groups excluding carboxylic acids is 2. The second kappa shape index (κ2) is 15.9. The first-order chi connectivity index (χ1) is 23.1. The summed E-state index contributed by atoms with van der Waals surface area (Å²) < 4.78 is 48.9. The Bertz CT molecular complexity index is 1780. The van der Waals surface area contributed by atoms with Crippen LogP contribution in [0.2, 0.25) is 0 Å². The standard InChI is InChI=1S/C38H42FN3O5S/c1-3-47-34-20-22-35(23-21-34)48(45,46)42(33-18-16-31(39)17-19-33)27-37(43)41(26-30-13-9-10-28(2)24-30)36(25-29-11-5-4-6-12-29)38(44)40-32-14-7-8-15-32/h4-6,9-13,16-24,32,36H,3,7-8,14-15,25-27H2,1-2H3,(H,40,44). The lowest BCUT2D eigenvalue weighted by molar-refractivity contribution is -0.140. The molecule has 8 nitrogen and oxygen atoms in total. The number of rotatable bonds is 14. The predicted octanol–water partition coefficient (Wildman–Crippen LogP) is 6.43. The third-order valence-electron chi connectivity index (χ3n) is 8.52. The molecule has 1 aliphatic carbocycles. The van der Waals surface area contributed by atoms with Crippen molar-refractivity contribution < 1.29 is 27.1 Å². The molecule has 0 bridgehead atoms. The van der Waals surface area contributed by atoms with Crippen LogP contribution in [-0.4, -0.2) is 50.4 Å². The van der Waals surface area contributed by atoms with Gasteiger partial charge in [-0.25, -0.2) is 12.8 Å². The third-order valence-corrected chi connectivity index (χ3v) is 10.3. The Hall–Kier alpha value is -4.70. The van der Waals surface area contributed by atoms with E-state index in [2.05, 4.69) is 5.32 Å². The Morgan fingerprint density at radius 2 is 1.56 bits per heavy atom. The molecule has 0 aliphatic heterocycles. The number of halogens is 1. The number of hydrogen-bond donors (Lipinski definition) is 1. The molecule has 0 saturated heterocycles. The summed E-state index contributed by atoms with van der Waals surface area (Å²) in [5, 5.41) is 3.18. The van der Waals surface area contributed by atoms with Crippen LogP contribution in [0.15, 0.2) is 108 Å². The van der Waals surface area contributed by atoms with Gasteiger partial charge in [0, 0.05) is 19.0 Å². The summed E-state index contributed by atoms with van der Waals surface area (Å²) in [6, 6.07) is 27.1. The molecular formula is C38H42FN3O5S. The summed E-state index contributed by atoms with van der Waals surface area (Å²) in [6.45, 7) is 3.65. The number of aryl methyl sites for hydroxylation is 1. The zero-order valence-electron chi connectivity index (χ0n) is 27.3. The first-order valence-electron chi connectivity index (χ1n) is 16.3. The van der Waals surface area contributed by atoms with Gasteiger partial charge in [-0.2, -0.15) is 0 Å². The molecule has 2 amide bonds. The highest BCUT2D eigenvalue weighted by Crippen LogP contribution is 2.27. The molecule has 1 unspecified atom stereocenters. The Labute approximate surface area is 282 Å². The lowest BCUT2D eigenvalue weighted by Crippen LogP contribution is -2.54. The molecule has 1 aliphatic rings. The van der Waals surface area contributed by atoms with Gasteiger partial charge < -0.3 is 15.0 Å². The fourth-order valence-corrected chi connectivity index (χ4v) is 7.48. The quantitative estimate of drug-likeness (QED) is 0.167. The minimum absolute atomic E-state index is 0.0162. The summed E-state index contributed by atoms with van der Waals surface area (Å²) >= 11 is 0. The highest BCUT2D eigenvalue weighted by molar-refractivity contribution is 7.92. The number of ether oxygens (including phenoxy) is 1. The molecule has 1 N–H and O–H groups in total. The number of anilines is 1. The van der Waals surface area contributed by atoms with E-state index in [1.165, 1.54) is 29.2 Å². The molecule has 4 aromatic rings. The molecule has 1 atom stereocenters. The molecule has 48 heavy (non-hydrogen) atoms. The summed E-state index contributed by atoms with van der Waals surface area (Å²) in [7, 11) is -4.32. The fourth-order valence-electron chi connectivity index (χ4n) is 6.07. The van der Waals surface area contributed by atoms with Crippen molar-refractivity contribution in [3.8, 4) is 5.75 Å². The Balaban J connectivity index is 1.55. The predicted molar refractivity (Wildman–Crippen MR) is 185 cm³/mol. The Morgan fingerprint density at radius 3 is 2.21 bits per heavy atom. The second-order valence-corrected chi connectivity index (χ2v) is 14.0. The number of hydrogen-bond acceptors (Lipinski definition) is 5. The van der Waals surface area contributed by atoms with Gasteiger partial charge in [0.25, 0.3) is 10.0 Å². The smallest absolute Gasteiger partial charge is 0.264 e. The van der Waals surface area contributed by atoms with E-state index in [9.17, 15) is 22.4 Å². The maximum absolute atomic E-state index is 14.6. The zero-order valence-corrected chi connectivity index (χ0v) is 28.2. The van der Waals surface area contributed by atoms with Crippen LogP contribution < -0.4 is 14.4 Å². The van der Waals surface area contributed by atoms with Crippen molar-refractivity contribution in [2.75, 3.05) is 17.5 Å². The summed E-state index contributed by atoms with van der Waals surface area (Å²) in [6.07, 6.45) is 4.02. The van der Waals surface area contributed by atoms with Crippen LogP contribution in [0, 0.1) is 12.7 Å². The van der Waals surface area contributed by atoms with Crippen LogP contribution in [0.3, 0.4) is 0 Å². The second-order valence-electron chi connectivity index (χ2n) is 12.1. The highest BCUT2D eigenvalue weighted by Gasteiger charge is 2.35. The van der Waals surface area contributed by atoms with E-state index >= 15 is 0 Å². The van der Waals surface area contributed by atoms with Gasteiger partial charge in [-0.1, -0.05) is 73.0 Å². The molecule has 252 valence electrons. The normalized spacial score (nSPS) is 13.9. The number of benzene rings is 4. The average Bonchev–Trinajstić information content (AvgIpc) is 3.59. The van der Waals surface area contributed by atoms with Crippen LogP contribution in [0.5, 0.6) is 5.75 Å².